The number of nitriles is 1. The van der Waals surface area contributed by atoms with E-state index < -0.39 is 51.0 Å². The van der Waals surface area contributed by atoms with Gasteiger partial charge in [-0.3, -0.25) is 0 Å². The van der Waals surface area contributed by atoms with E-state index in [0.29, 0.717) is 12.1 Å². The van der Waals surface area contributed by atoms with Gasteiger partial charge in [-0.1, -0.05) is 0 Å². The zero-order valence-corrected chi connectivity index (χ0v) is 9.95. The van der Waals surface area contributed by atoms with Gasteiger partial charge < -0.3 is 5.11 Å². The van der Waals surface area contributed by atoms with Gasteiger partial charge in [-0.05, 0) is 23.9 Å². The molecule has 0 heterocycles. The minimum Gasteiger partial charge on any atom is -0.478 e. The van der Waals surface area contributed by atoms with Gasteiger partial charge in [0, 0.05) is 4.90 Å². The van der Waals surface area contributed by atoms with Crippen LogP contribution in [0.1, 0.15) is 21.5 Å². The van der Waals surface area contributed by atoms with Gasteiger partial charge in [0.25, 0.3) is 0 Å². The highest BCUT2D eigenvalue weighted by Crippen LogP contribution is 2.45. The van der Waals surface area contributed by atoms with Crippen LogP contribution in [-0.4, -0.2) is 16.6 Å². The predicted molar refractivity (Wildman–Crippen MR) is 55.0 cm³/mol. The summed E-state index contributed by atoms with van der Waals surface area (Å²) in [6.07, 6.45) is -5.30. The van der Waals surface area contributed by atoms with Crippen molar-refractivity contribution in [3.8, 4) is 6.07 Å². The Hall–Kier alpha value is -1.89. The van der Waals surface area contributed by atoms with E-state index in [9.17, 15) is 31.1 Å². The monoisotopic (exact) mass is 315 g/mol. The zero-order valence-electron chi connectivity index (χ0n) is 9.13. The van der Waals surface area contributed by atoms with Crippen LogP contribution in [0.25, 0.3) is 0 Å². The van der Waals surface area contributed by atoms with Crippen LogP contribution in [0.15, 0.2) is 17.0 Å². The molecule has 0 amide bonds. The number of benzene rings is 1. The average Bonchev–Trinajstić information content (AvgIpc) is 2.23. The molecular weight excluding hydrogens is 312 g/mol. The lowest BCUT2D eigenvalue weighted by Gasteiger charge is -2.16. The molecule has 1 rings (SSSR count). The maximum Gasteiger partial charge on any atom is 0.446 e. The first-order valence-corrected chi connectivity index (χ1v) is 5.41. The number of carboxylic acid groups (broad SMARTS) is 1. The van der Waals surface area contributed by atoms with Crippen LogP contribution < -0.4 is 0 Å². The fourth-order valence-corrected chi connectivity index (χ4v) is 2.11. The van der Waals surface area contributed by atoms with E-state index in [1.165, 1.54) is 6.07 Å². The second kappa shape index (κ2) is 5.24. The van der Waals surface area contributed by atoms with Gasteiger partial charge in [-0.15, -0.1) is 0 Å². The molecule has 0 saturated carbocycles. The molecule has 3 nitrogen and oxygen atoms in total. The molecule has 0 unspecified atom stereocenters. The number of alkyl halides is 6. The highest BCUT2D eigenvalue weighted by molar-refractivity contribution is 8.00. The average molecular weight is 315 g/mol. The molecule has 0 aliphatic heterocycles. The number of hydrogen-bond donors (Lipinski definition) is 1. The summed E-state index contributed by atoms with van der Waals surface area (Å²) in [5, 5.41) is 17.2. The Bertz CT molecular complexity index is 587. The summed E-state index contributed by atoms with van der Waals surface area (Å²) in [4.78, 5) is 9.38. The first kappa shape index (κ1) is 16.2. The summed E-state index contributed by atoms with van der Waals surface area (Å²) in [5.41, 5.74) is -8.99. The fourth-order valence-electron chi connectivity index (χ4n) is 1.35. The van der Waals surface area contributed by atoms with Crippen molar-refractivity contribution >= 4 is 17.7 Å². The molecule has 0 aromatic heterocycles. The zero-order chi connectivity index (χ0) is 15.7. The summed E-state index contributed by atoms with van der Waals surface area (Å²) >= 11 is -1.12. The van der Waals surface area contributed by atoms with Gasteiger partial charge in [0.1, 0.15) is 0 Å². The molecule has 0 bridgehead atoms. The molecule has 108 valence electrons. The largest absolute Gasteiger partial charge is 0.478 e. The Morgan fingerprint density at radius 1 is 1.20 bits per heavy atom. The Kier molecular flexibility index (Phi) is 4.24. The molecule has 0 atom stereocenters. The van der Waals surface area contributed by atoms with Crippen LogP contribution in [0, 0.1) is 11.3 Å². The van der Waals surface area contributed by atoms with E-state index in [4.69, 9.17) is 10.4 Å². The van der Waals surface area contributed by atoms with Gasteiger partial charge in [0.15, 0.2) is 0 Å². The summed E-state index contributed by atoms with van der Waals surface area (Å²) < 4.78 is 75.0. The van der Waals surface area contributed by atoms with Crippen LogP contribution in [0.2, 0.25) is 0 Å². The van der Waals surface area contributed by atoms with E-state index in [2.05, 4.69) is 0 Å². The smallest absolute Gasteiger partial charge is 0.446 e. The lowest BCUT2D eigenvalue weighted by atomic mass is 10.0. The number of carbonyl (C=O) groups is 1. The van der Waals surface area contributed by atoms with Gasteiger partial charge in [-0.2, -0.15) is 31.6 Å². The summed E-state index contributed by atoms with van der Waals surface area (Å²) in [5.74, 6) is -2.07. The summed E-state index contributed by atoms with van der Waals surface area (Å²) in [6, 6.07) is 2.05. The Morgan fingerprint density at radius 2 is 1.75 bits per heavy atom. The van der Waals surface area contributed by atoms with Crippen molar-refractivity contribution in [2.75, 3.05) is 0 Å². The lowest BCUT2D eigenvalue weighted by Crippen LogP contribution is -2.16. The first-order valence-electron chi connectivity index (χ1n) is 4.60. The Labute approximate surface area is 111 Å². The quantitative estimate of drug-likeness (QED) is 0.664. The molecule has 0 spiro atoms. The minimum atomic E-state index is -5.30. The van der Waals surface area contributed by atoms with Gasteiger partial charge in [0.2, 0.25) is 0 Å². The maximum atomic E-state index is 12.8. The van der Waals surface area contributed by atoms with Crippen LogP contribution in [-0.2, 0) is 6.18 Å². The molecule has 1 aromatic carbocycles. The third-order valence-electron chi connectivity index (χ3n) is 1.97. The Balaban J connectivity index is 3.66. The number of thioether (sulfide) groups is 1. The van der Waals surface area contributed by atoms with Crippen LogP contribution in [0.5, 0.6) is 0 Å². The van der Waals surface area contributed by atoms with Gasteiger partial charge in [-0.25, -0.2) is 4.79 Å². The van der Waals surface area contributed by atoms with E-state index in [1.807, 2.05) is 0 Å². The molecule has 0 radical (unpaired) electrons. The second-order valence-electron chi connectivity index (χ2n) is 3.36. The standard InChI is InChI=1S/C10H3F6NO2S/c11-9(12,13)7-5(8(18)19)1-4(3-17)2-6(7)20-10(14,15)16/h1-2H,(H,18,19). The minimum absolute atomic E-state index is 0.355. The van der Waals surface area contributed by atoms with Crippen molar-refractivity contribution in [3.63, 3.8) is 0 Å². The Morgan fingerprint density at radius 3 is 2.10 bits per heavy atom. The molecule has 1 aromatic rings. The third kappa shape index (κ3) is 3.80. The van der Waals surface area contributed by atoms with E-state index in [-0.39, 0.29) is 0 Å². The lowest BCUT2D eigenvalue weighted by molar-refractivity contribution is -0.140. The number of nitrogens with zero attached hydrogens (tertiary/aromatic N) is 1. The molecule has 0 aliphatic rings. The first-order chi connectivity index (χ1) is 8.95. The van der Waals surface area contributed by atoms with Crippen LogP contribution in [0.4, 0.5) is 26.3 Å². The maximum absolute atomic E-state index is 12.8. The molecule has 0 aliphatic carbocycles. The van der Waals surface area contributed by atoms with Gasteiger partial charge >= 0.3 is 17.7 Å². The van der Waals surface area contributed by atoms with Crippen molar-refractivity contribution in [1.82, 2.24) is 0 Å². The molecule has 1 N–H and O–H groups in total. The fraction of sp³-hybridized carbons (Fsp3) is 0.200. The topological polar surface area (TPSA) is 61.1 Å². The molecule has 20 heavy (non-hydrogen) atoms. The third-order valence-corrected chi connectivity index (χ3v) is 2.74. The van der Waals surface area contributed by atoms with Crippen molar-refractivity contribution < 1.29 is 36.2 Å². The number of carboxylic acids is 1. The SMILES string of the molecule is N#Cc1cc(SC(F)(F)F)c(C(F)(F)F)c(C(=O)O)c1. The molecule has 10 heteroatoms. The molecule has 0 fully saturated rings. The summed E-state index contributed by atoms with van der Waals surface area (Å²) in [6.45, 7) is 0. The molecular formula is C10H3F6NO2S. The van der Waals surface area contributed by atoms with Crippen LogP contribution >= 0.6 is 11.8 Å². The van der Waals surface area contributed by atoms with Crippen molar-refractivity contribution in [3.05, 3.63) is 28.8 Å². The number of rotatable bonds is 2. The molecule has 0 saturated heterocycles. The normalized spacial score (nSPS) is 12.1. The van der Waals surface area contributed by atoms with Crippen molar-refractivity contribution in [2.45, 2.75) is 16.6 Å². The van der Waals surface area contributed by atoms with E-state index in [1.54, 1.807) is 0 Å². The van der Waals surface area contributed by atoms with E-state index in [0.717, 1.165) is 0 Å². The highest BCUT2D eigenvalue weighted by atomic mass is 32.2. The van der Waals surface area contributed by atoms with Crippen LogP contribution in [0.3, 0.4) is 0 Å². The predicted octanol–water partition coefficient (Wildman–Crippen LogP) is 3.89. The second-order valence-corrected chi connectivity index (χ2v) is 4.47. The number of hydrogen-bond acceptors (Lipinski definition) is 3. The van der Waals surface area contributed by atoms with Crippen molar-refractivity contribution in [2.24, 2.45) is 0 Å². The van der Waals surface area contributed by atoms with Crippen molar-refractivity contribution in [1.29, 1.82) is 5.26 Å². The highest BCUT2D eigenvalue weighted by Gasteiger charge is 2.42. The van der Waals surface area contributed by atoms with Gasteiger partial charge in [0.05, 0.1) is 22.8 Å². The number of aromatic carboxylic acids is 1. The summed E-state index contributed by atoms with van der Waals surface area (Å²) in [7, 11) is 0. The van der Waals surface area contributed by atoms with E-state index >= 15 is 0 Å². The number of halogens is 6.